The van der Waals surface area contributed by atoms with Gasteiger partial charge in [-0.1, -0.05) is 60.7 Å². The second kappa shape index (κ2) is 10.6. The molecule has 3 rings (SSSR count). The van der Waals surface area contributed by atoms with Crippen LogP contribution in [0.3, 0.4) is 0 Å². The molecule has 1 aromatic heterocycles. The first kappa shape index (κ1) is 21.6. The minimum atomic E-state index is -0.965. The molecule has 28 heavy (non-hydrogen) atoms. The van der Waals surface area contributed by atoms with Gasteiger partial charge in [0.1, 0.15) is 25.0 Å². The molecule has 0 aliphatic carbocycles. The molecule has 1 unspecified atom stereocenters. The van der Waals surface area contributed by atoms with Crippen LogP contribution >= 0.6 is 0 Å². The number of rotatable bonds is 8. The average molecular weight is 402 g/mol. The van der Waals surface area contributed by atoms with Crippen LogP contribution in [0.15, 0.2) is 79.4 Å². The summed E-state index contributed by atoms with van der Waals surface area (Å²) in [5.41, 5.74) is 1.83. The zero-order chi connectivity index (χ0) is 19.1. The maximum absolute atomic E-state index is 12.3. The second-order valence-corrected chi connectivity index (χ2v) is 6.46. The highest BCUT2D eigenvalue weighted by Crippen LogP contribution is 2.16. The Bertz CT molecular complexity index is 856. The van der Waals surface area contributed by atoms with Crippen molar-refractivity contribution in [2.24, 2.45) is 0 Å². The van der Waals surface area contributed by atoms with E-state index in [0.29, 0.717) is 5.56 Å². The van der Waals surface area contributed by atoms with Crippen molar-refractivity contribution in [2.45, 2.75) is 25.2 Å². The predicted octanol–water partition coefficient (Wildman–Crippen LogP) is -1.96. The fourth-order valence-electron chi connectivity index (χ4n) is 2.95. The summed E-state index contributed by atoms with van der Waals surface area (Å²) in [6.07, 6.45) is 4.62. The van der Waals surface area contributed by atoms with E-state index in [2.05, 4.69) is 5.32 Å². The molecule has 2 atom stereocenters. The van der Waals surface area contributed by atoms with Crippen molar-refractivity contribution in [3.8, 4) is 0 Å². The summed E-state index contributed by atoms with van der Waals surface area (Å²) in [5.74, 6) is -0.272. The first-order chi connectivity index (χ1) is 13.2. The van der Waals surface area contributed by atoms with Crippen LogP contribution in [0, 0.1) is 0 Å². The molecule has 1 heterocycles. The highest BCUT2D eigenvalue weighted by atomic mass is 35.5. The maximum Gasteiger partial charge on any atom is 0.262 e. The Morgan fingerprint density at radius 2 is 1.71 bits per heavy atom. The molecule has 0 radical (unpaired) electrons. The lowest BCUT2D eigenvalue weighted by Crippen LogP contribution is -3.00. The number of hydrogen-bond acceptors (Lipinski definition) is 3. The van der Waals surface area contributed by atoms with Gasteiger partial charge in [-0.3, -0.25) is 4.79 Å². The van der Waals surface area contributed by atoms with Crippen LogP contribution in [0.25, 0.3) is 0 Å². The van der Waals surface area contributed by atoms with E-state index in [9.17, 15) is 15.0 Å². The van der Waals surface area contributed by atoms with Gasteiger partial charge < -0.3 is 27.9 Å². The third-order valence-corrected chi connectivity index (χ3v) is 4.35. The quantitative estimate of drug-likeness (QED) is 0.383. The third kappa shape index (κ3) is 5.92. The van der Waals surface area contributed by atoms with Crippen molar-refractivity contribution < 1.29 is 32.0 Å². The van der Waals surface area contributed by atoms with Crippen LogP contribution in [0.1, 0.15) is 17.2 Å². The monoisotopic (exact) mass is 401 g/mol. The topological polar surface area (TPSA) is 78.4 Å². The fourth-order valence-corrected chi connectivity index (χ4v) is 2.95. The summed E-state index contributed by atoms with van der Waals surface area (Å²) >= 11 is 0. The summed E-state index contributed by atoms with van der Waals surface area (Å²) in [4.78, 5) is 12.3. The van der Waals surface area contributed by atoms with Crippen molar-refractivity contribution in [2.75, 3.05) is 6.61 Å². The number of hydrogen-bond donors (Lipinski definition) is 3. The second-order valence-electron chi connectivity index (χ2n) is 6.46. The van der Waals surface area contributed by atoms with Gasteiger partial charge in [0.25, 0.3) is 5.91 Å². The number of benzene rings is 2. The molecule has 0 saturated carbocycles. The molecule has 0 fully saturated rings. The predicted molar refractivity (Wildman–Crippen MR) is 101 cm³/mol. The molecule has 3 aromatic rings. The molecule has 148 valence electrons. The molecule has 1 amide bonds. The molecular weight excluding hydrogens is 378 g/mol. The zero-order valence-corrected chi connectivity index (χ0v) is 16.1. The minimum Gasteiger partial charge on any atom is -1.00 e. The van der Waals surface area contributed by atoms with Crippen molar-refractivity contribution in [1.29, 1.82) is 0 Å². The van der Waals surface area contributed by atoms with Gasteiger partial charge >= 0.3 is 0 Å². The number of nitrogens with one attached hydrogen (secondary N) is 1. The van der Waals surface area contributed by atoms with Crippen molar-refractivity contribution in [3.63, 3.8) is 0 Å². The first-order valence-corrected chi connectivity index (χ1v) is 8.87. The van der Waals surface area contributed by atoms with Gasteiger partial charge in [-0.25, -0.2) is 9.13 Å². The number of halogens is 1. The Hall–Kier alpha value is -2.67. The Balaban J connectivity index is 0.00000280. The number of carbonyl (C=O) groups excluding carboxylic acids is 1. The molecular formula is C21H24ClN3O3. The van der Waals surface area contributed by atoms with E-state index in [-0.39, 0.29) is 31.5 Å². The van der Waals surface area contributed by atoms with E-state index >= 15 is 0 Å². The number of aromatic nitrogens is 2. The van der Waals surface area contributed by atoms with Crippen LogP contribution in [-0.2, 0) is 17.9 Å². The summed E-state index contributed by atoms with van der Waals surface area (Å²) in [7, 11) is 0. The smallest absolute Gasteiger partial charge is 0.262 e. The maximum atomic E-state index is 12.3. The molecule has 2 aromatic carbocycles. The SMILES string of the molecule is O=C(Cn1cc[n+](Cc2ccccc2)c1)N[C@H](CO)C(O)c1ccccc1.[Cl-]. The Morgan fingerprint density at radius 3 is 2.36 bits per heavy atom. The highest BCUT2D eigenvalue weighted by Gasteiger charge is 2.23. The summed E-state index contributed by atoms with van der Waals surface area (Å²) in [6.45, 7) is 0.489. The summed E-state index contributed by atoms with van der Waals surface area (Å²) < 4.78 is 3.76. The Labute approximate surface area is 170 Å². The lowest BCUT2D eigenvalue weighted by molar-refractivity contribution is -0.687. The standard InChI is InChI=1S/C21H23N3O3.ClH/c25-15-19(21(27)18-9-5-2-6-10-18)22-20(26)14-24-12-11-23(16-24)13-17-7-3-1-4-8-17;/h1-12,16,19,21,25,27H,13-15H2;1H/t19-,21?;/m1./s1. The van der Waals surface area contributed by atoms with Gasteiger partial charge in [0, 0.05) is 0 Å². The van der Waals surface area contributed by atoms with E-state index in [1.54, 1.807) is 28.8 Å². The molecule has 0 aliphatic rings. The van der Waals surface area contributed by atoms with Crippen LogP contribution in [0.2, 0.25) is 0 Å². The summed E-state index contributed by atoms with van der Waals surface area (Å²) in [5, 5.41) is 22.6. The normalized spacial score (nSPS) is 12.6. The van der Waals surface area contributed by atoms with E-state index in [1.165, 1.54) is 5.56 Å². The Morgan fingerprint density at radius 1 is 1.07 bits per heavy atom. The lowest BCUT2D eigenvalue weighted by atomic mass is 10.0. The van der Waals surface area contributed by atoms with Crippen LogP contribution in [-0.4, -0.2) is 33.3 Å². The molecule has 0 spiro atoms. The zero-order valence-electron chi connectivity index (χ0n) is 15.4. The first-order valence-electron chi connectivity index (χ1n) is 8.87. The van der Waals surface area contributed by atoms with E-state index in [1.807, 2.05) is 59.7 Å². The average Bonchev–Trinajstić information content (AvgIpc) is 3.13. The molecule has 0 bridgehead atoms. The van der Waals surface area contributed by atoms with Gasteiger partial charge in [-0.15, -0.1) is 0 Å². The van der Waals surface area contributed by atoms with Gasteiger partial charge in [0.05, 0.1) is 12.6 Å². The van der Waals surface area contributed by atoms with Crippen LogP contribution < -0.4 is 22.3 Å². The highest BCUT2D eigenvalue weighted by molar-refractivity contribution is 5.76. The lowest BCUT2D eigenvalue weighted by Gasteiger charge is -2.22. The Kier molecular flexibility index (Phi) is 8.19. The third-order valence-electron chi connectivity index (χ3n) is 4.35. The molecule has 7 heteroatoms. The van der Waals surface area contributed by atoms with E-state index < -0.39 is 12.1 Å². The van der Waals surface area contributed by atoms with Gasteiger partial charge in [-0.2, -0.15) is 0 Å². The number of aliphatic hydroxyl groups excluding tert-OH is 2. The largest absolute Gasteiger partial charge is 1.00 e. The van der Waals surface area contributed by atoms with Crippen molar-refractivity contribution >= 4 is 5.91 Å². The van der Waals surface area contributed by atoms with E-state index in [4.69, 9.17) is 0 Å². The van der Waals surface area contributed by atoms with Crippen LogP contribution in [0.4, 0.5) is 0 Å². The number of amides is 1. The van der Waals surface area contributed by atoms with Crippen molar-refractivity contribution in [3.05, 3.63) is 90.5 Å². The van der Waals surface area contributed by atoms with Crippen LogP contribution in [0.5, 0.6) is 0 Å². The van der Waals surface area contributed by atoms with E-state index in [0.717, 1.165) is 6.54 Å². The van der Waals surface area contributed by atoms with Gasteiger partial charge in [-0.05, 0) is 11.1 Å². The number of nitrogens with zero attached hydrogens (tertiary/aromatic N) is 2. The number of aliphatic hydroxyl groups is 2. The minimum absolute atomic E-state index is 0. The number of carbonyl (C=O) groups is 1. The van der Waals surface area contributed by atoms with Gasteiger partial charge in [0.15, 0.2) is 6.54 Å². The molecule has 3 N–H and O–H groups in total. The molecule has 0 saturated heterocycles. The molecule has 0 aliphatic heterocycles. The van der Waals surface area contributed by atoms with Crippen molar-refractivity contribution in [1.82, 2.24) is 9.88 Å². The summed E-state index contributed by atoms with van der Waals surface area (Å²) in [6, 6.07) is 18.3. The molecule has 6 nitrogen and oxygen atoms in total. The van der Waals surface area contributed by atoms with Gasteiger partial charge in [0.2, 0.25) is 6.33 Å². The fraction of sp³-hybridized carbons (Fsp3) is 0.238. The number of imidazole rings is 1.